The van der Waals surface area contributed by atoms with E-state index in [1.807, 2.05) is 109 Å². The van der Waals surface area contributed by atoms with E-state index in [9.17, 15) is 8.42 Å². The van der Waals surface area contributed by atoms with Gasteiger partial charge in [-0.25, -0.2) is 8.42 Å². The molecule has 51 heavy (non-hydrogen) atoms. The maximum Gasteiger partial charge on any atom is 0.206 e. The van der Waals surface area contributed by atoms with Crippen molar-refractivity contribution in [3.05, 3.63) is 171 Å². The molecule has 0 N–H and O–H groups in total. The highest BCUT2D eigenvalue weighted by Crippen LogP contribution is 2.31. The fraction of sp³-hybridized carbons (Fsp3) is 0.0909. The SMILES string of the molecule is C=CCCOc1ccc(-c2ccc(Oc3ccc(S(=O)(=O)c4ccc(Oc5ccc(-c6ccc(OCCC=C)cc6)cc5)cc4)cc3)cc2)cc1. The lowest BCUT2D eigenvalue weighted by Crippen LogP contribution is -2.01. The van der Waals surface area contributed by atoms with Gasteiger partial charge in [0.05, 0.1) is 23.0 Å². The Morgan fingerprint density at radius 1 is 0.392 bits per heavy atom. The van der Waals surface area contributed by atoms with Crippen molar-refractivity contribution in [2.75, 3.05) is 13.2 Å². The zero-order valence-corrected chi connectivity index (χ0v) is 28.9. The minimum absolute atomic E-state index is 0.169. The molecule has 6 nitrogen and oxygen atoms in total. The van der Waals surface area contributed by atoms with E-state index in [1.54, 1.807) is 48.5 Å². The van der Waals surface area contributed by atoms with Crippen LogP contribution < -0.4 is 18.9 Å². The van der Waals surface area contributed by atoms with E-state index in [0.29, 0.717) is 36.2 Å². The predicted octanol–water partition coefficient (Wildman–Crippen LogP) is 11.3. The van der Waals surface area contributed by atoms with Crippen LogP contribution in [0.1, 0.15) is 12.8 Å². The third-order valence-corrected chi connectivity index (χ3v) is 9.79. The Bertz CT molecular complexity index is 1990. The zero-order valence-electron chi connectivity index (χ0n) is 28.1. The largest absolute Gasteiger partial charge is 0.493 e. The lowest BCUT2D eigenvalue weighted by atomic mass is 10.1. The molecule has 0 aliphatic heterocycles. The molecule has 7 heteroatoms. The summed E-state index contributed by atoms with van der Waals surface area (Å²) in [7, 11) is -3.75. The molecule has 6 aromatic rings. The van der Waals surface area contributed by atoms with Crippen molar-refractivity contribution in [1.29, 1.82) is 0 Å². The van der Waals surface area contributed by atoms with Crippen molar-refractivity contribution in [2.24, 2.45) is 0 Å². The highest BCUT2D eigenvalue weighted by Gasteiger charge is 2.18. The van der Waals surface area contributed by atoms with Crippen LogP contribution >= 0.6 is 0 Å². The second-order valence-corrected chi connectivity index (χ2v) is 13.5. The second-order valence-electron chi connectivity index (χ2n) is 11.6. The van der Waals surface area contributed by atoms with E-state index in [1.165, 1.54) is 0 Å². The fourth-order valence-electron chi connectivity index (χ4n) is 5.22. The molecule has 0 aliphatic rings. The van der Waals surface area contributed by atoms with Gasteiger partial charge in [-0.1, -0.05) is 60.7 Å². The van der Waals surface area contributed by atoms with Crippen molar-refractivity contribution in [3.63, 3.8) is 0 Å². The highest BCUT2D eigenvalue weighted by molar-refractivity contribution is 7.91. The molecule has 0 saturated carbocycles. The predicted molar refractivity (Wildman–Crippen MR) is 203 cm³/mol. The maximum atomic E-state index is 13.4. The molecule has 0 unspecified atom stereocenters. The third kappa shape index (κ3) is 9.15. The Morgan fingerprint density at radius 2 is 0.647 bits per heavy atom. The number of ether oxygens (including phenoxy) is 4. The van der Waals surface area contributed by atoms with Crippen molar-refractivity contribution in [3.8, 4) is 56.8 Å². The van der Waals surface area contributed by atoms with Gasteiger partial charge in [-0.3, -0.25) is 0 Å². The summed E-state index contributed by atoms with van der Waals surface area (Å²) in [6, 6.07) is 44.1. The summed E-state index contributed by atoms with van der Waals surface area (Å²) in [4.78, 5) is 0.338. The molecule has 0 amide bonds. The lowest BCUT2D eigenvalue weighted by molar-refractivity contribution is 0.325. The molecule has 0 aliphatic carbocycles. The summed E-state index contributed by atoms with van der Waals surface area (Å²) in [6.45, 7) is 8.63. The first kappa shape index (κ1) is 34.8. The van der Waals surface area contributed by atoms with Crippen LogP contribution in [0.5, 0.6) is 34.5 Å². The van der Waals surface area contributed by atoms with Crippen LogP contribution in [0, 0.1) is 0 Å². The van der Waals surface area contributed by atoms with Crippen LogP contribution in [0.2, 0.25) is 0 Å². The highest BCUT2D eigenvalue weighted by atomic mass is 32.2. The van der Waals surface area contributed by atoms with Gasteiger partial charge in [0, 0.05) is 0 Å². The summed E-state index contributed by atoms with van der Waals surface area (Å²) in [6.07, 6.45) is 5.26. The van der Waals surface area contributed by atoms with Crippen LogP contribution in [0.3, 0.4) is 0 Å². The van der Waals surface area contributed by atoms with Gasteiger partial charge in [0.1, 0.15) is 34.5 Å². The number of rotatable bonds is 16. The summed E-state index contributed by atoms with van der Waals surface area (Å²) in [5, 5.41) is 0. The van der Waals surface area contributed by atoms with Crippen molar-refractivity contribution in [2.45, 2.75) is 22.6 Å². The van der Waals surface area contributed by atoms with Gasteiger partial charge in [0.2, 0.25) is 9.84 Å². The number of benzene rings is 6. The van der Waals surface area contributed by atoms with E-state index in [2.05, 4.69) is 13.2 Å². The molecule has 6 rings (SSSR count). The number of sulfone groups is 1. The van der Waals surface area contributed by atoms with Crippen LogP contribution in [-0.2, 0) is 9.84 Å². The number of hydrogen-bond donors (Lipinski definition) is 0. The maximum absolute atomic E-state index is 13.4. The van der Waals surface area contributed by atoms with Gasteiger partial charge in [-0.05, 0) is 132 Å². The molecule has 0 radical (unpaired) electrons. The fourth-order valence-corrected chi connectivity index (χ4v) is 6.48. The summed E-state index contributed by atoms with van der Waals surface area (Å²) in [5.41, 5.74) is 4.20. The molecule has 0 atom stereocenters. The second kappa shape index (κ2) is 16.6. The summed E-state index contributed by atoms with van der Waals surface area (Å²) < 4.78 is 50.1. The van der Waals surface area contributed by atoms with Crippen LogP contribution in [0.4, 0.5) is 0 Å². The first-order valence-electron chi connectivity index (χ1n) is 16.6. The quantitative estimate of drug-likeness (QED) is 0.0742. The van der Waals surface area contributed by atoms with E-state index in [4.69, 9.17) is 18.9 Å². The van der Waals surface area contributed by atoms with E-state index in [-0.39, 0.29) is 9.79 Å². The molecule has 0 bridgehead atoms. The van der Waals surface area contributed by atoms with Crippen LogP contribution in [0.25, 0.3) is 22.3 Å². The van der Waals surface area contributed by atoms with Crippen molar-refractivity contribution in [1.82, 2.24) is 0 Å². The average Bonchev–Trinajstić information content (AvgIpc) is 3.17. The first-order chi connectivity index (χ1) is 24.9. The molecule has 0 aromatic heterocycles. The average molecular weight is 695 g/mol. The van der Waals surface area contributed by atoms with E-state index >= 15 is 0 Å². The minimum atomic E-state index is -3.75. The molecular formula is C44H38O6S. The Balaban J connectivity index is 1.03. The normalized spacial score (nSPS) is 11.0. The van der Waals surface area contributed by atoms with Gasteiger partial charge in [0.15, 0.2) is 0 Å². The van der Waals surface area contributed by atoms with Gasteiger partial charge in [-0.2, -0.15) is 0 Å². The van der Waals surface area contributed by atoms with Gasteiger partial charge < -0.3 is 18.9 Å². The zero-order chi connectivity index (χ0) is 35.5. The van der Waals surface area contributed by atoms with Crippen LogP contribution in [0.15, 0.2) is 181 Å². The molecule has 0 spiro atoms. The standard InChI is InChI=1S/C44H38O6S/c1-3-5-31-47-37-15-7-33(8-16-37)35-11-19-39(20-12-35)49-41-23-27-43(28-24-41)51(45,46)44-29-25-42(26-30-44)50-40-21-13-36(14-22-40)34-9-17-38(18-10-34)48-32-6-4-2/h3-4,7-30H,1-2,5-6,31-32H2. The van der Waals surface area contributed by atoms with Crippen molar-refractivity contribution >= 4 is 9.84 Å². The van der Waals surface area contributed by atoms with Gasteiger partial charge in [0.25, 0.3) is 0 Å². The molecular weight excluding hydrogens is 657 g/mol. The Morgan fingerprint density at radius 3 is 0.922 bits per heavy atom. The van der Waals surface area contributed by atoms with Gasteiger partial charge >= 0.3 is 0 Å². The summed E-state index contributed by atoms with van der Waals surface area (Å²) >= 11 is 0. The number of hydrogen-bond acceptors (Lipinski definition) is 6. The lowest BCUT2D eigenvalue weighted by Gasteiger charge is -2.10. The van der Waals surface area contributed by atoms with Crippen molar-refractivity contribution < 1.29 is 27.4 Å². The topological polar surface area (TPSA) is 71.1 Å². The van der Waals surface area contributed by atoms with E-state index < -0.39 is 9.84 Å². The Labute approximate surface area is 299 Å². The van der Waals surface area contributed by atoms with Gasteiger partial charge in [-0.15, -0.1) is 13.2 Å². The molecule has 256 valence electrons. The minimum Gasteiger partial charge on any atom is -0.493 e. The molecule has 0 fully saturated rings. The third-order valence-electron chi connectivity index (χ3n) is 8.00. The molecule has 0 saturated heterocycles. The molecule has 6 aromatic carbocycles. The Kier molecular flexibility index (Phi) is 11.3. The monoisotopic (exact) mass is 694 g/mol. The van der Waals surface area contributed by atoms with Crippen LogP contribution in [-0.4, -0.2) is 21.6 Å². The summed E-state index contributed by atoms with van der Waals surface area (Å²) in [5.74, 6) is 3.98. The van der Waals surface area contributed by atoms with E-state index in [0.717, 1.165) is 46.6 Å². The first-order valence-corrected chi connectivity index (χ1v) is 18.1. The Hall–Kier alpha value is -6.05. The molecule has 0 heterocycles. The smallest absolute Gasteiger partial charge is 0.206 e.